The van der Waals surface area contributed by atoms with Gasteiger partial charge >= 0.3 is 0 Å². The van der Waals surface area contributed by atoms with Crippen molar-refractivity contribution in [2.24, 2.45) is 5.84 Å². The van der Waals surface area contributed by atoms with Gasteiger partial charge in [0.15, 0.2) is 0 Å². The molecule has 1 aliphatic rings. The molecule has 0 saturated carbocycles. The van der Waals surface area contributed by atoms with E-state index in [1.165, 1.54) is 0 Å². The minimum Gasteiger partial charge on any atom is -0.384 e. The summed E-state index contributed by atoms with van der Waals surface area (Å²) in [5, 5.41) is 0. The smallest absolute Gasteiger partial charge is 0.123 e. The number of ether oxygens (including phenoxy) is 2. The molecule has 1 aliphatic heterocycles. The summed E-state index contributed by atoms with van der Waals surface area (Å²) in [5.41, 5.74) is 9.48. The molecule has 1 aromatic heterocycles. The summed E-state index contributed by atoms with van der Waals surface area (Å²) < 4.78 is 11.5. The monoisotopic (exact) mass is 280 g/mol. The second-order valence-corrected chi connectivity index (χ2v) is 5.12. The van der Waals surface area contributed by atoms with Gasteiger partial charge in [0, 0.05) is 38.9 Å². The number of aromatic nitrogens is 1. The van der Waals surface area contributed by atoms with Crippen LogP contribution in [0.3, 0.4) is 0 Å². The van der Waals surface area contributed by atoms with E-state index in [2.05, 4.69) is 10.4 Å². The lowest BCUT2D eigenvalue weighted by molar-refractivity contribution is -0.126. The van der Waals surface area contributed by atoms with E-state index >= 15 is 0 Å². The fraction of sp³-hybridized carbons (Fsp3) is 0.643. The normalized spacial score (nSPS) is 19.7. The Labute approximate surface area is 119 Å². The molecule has 1 atom stereocenters. The zero-order chi connectivity index (χ0) is 14.4. The Morgan fingerprint density at radius 1 is 1.50 bits per heavy atom. The highest BCUT2D eigenvalue weighted by atomic mass is 16.5. The molecule has 20 heavy (non-hydrogen) atoms. The number of hydrazine groups is 1. The van der Waals surface area contributed by atoms with Gasteiger partial charge in [-0.1, -0.05) is 0 Å². The molecule has 112 valence electrons. The molecule has 1 saturated heterocycles. The molecule has 1 unspecified atom stereocenters. The number of anilines is 1. The lowest BCUT2D eigenvalue weighted by atomic mass is 9.83. The Kier molecular flexibility index (Phi) is 5.31. The van der Waals surface area contributed by atoms with Crippen molar-refractivity contribution in [3.63, 3.8) is 0 Å². The highest BCUT2D eigenvalue weighted by Crippen LogP contribution is 2.30. The lowest BCUT2D eigenvalue weighted by Crippen LogP contribution is -2.58. The van der Waals surface area contributed by atoms with Gasteiger partial charge in [0.05, 0.1) is 11.6 Å². The van der Waals surface area contributed by atoms with E-state index < -0.39 is 0 Å². The van der Waals surface area contributed by atoms with Crippen molar-refractivity contribution in [1.82, 2.24) is 10.4 Å². The van der Waals surface area contributed by atoms with Gasteiger partial charge in [0.25, 0.3) is 0 Å². The zero-order valence-electron chi connectivity index (χ0n) is 12.0. The Balaban J connectivity index is 2.15. The molecular formula is C14H24N4O2. The molecule has 2 heterocycles. The van der Waals surface area contributed by atoms with Gasteiger partial charge in [-0.3, -0.25) is 11.3 Å². The molecule has 0 aromatic carbocycles. The topological polar surface area (TPSA) is 95.4 Å². The van der Waals surface area contributed by atoms with Crippen LogP contribution in [0.2, 0.25) is 0 Å². The number of nitrogen functional groups attached to an aromatic ring is 1. The third-order valence-corrected chi connectivity index (χ3v) is 3.89. The molecule has 6 heteroatoms. The standard InChI is InChI=1S/C14H24N4O2/c1-2-20-14(4-7-19-8-5-14)12(18-16)9-11-3-6-17-13(15)10-11/h3,6,10,12,18H,2,4-5,7-9,16H2,1H3,(H2,15,17). The Bertz CT molecular complexity index is 416. The maximum atomic E-state index is 6.06. The van der Waals surface area contributed by atoms with E-state index in [4.69, 9.17) is 21.1 Å². The number of rotatable bonds is 6. The molecule has 0 aliphatic carbocycles. The zero-order valence-corrected chi connectivity index (χ0v) is 12.0. The van der Waals surface area contributed by atoms with Crippen molar-refractivity contribution in [2.75, 3.05) is 25.6 Å². The maximum Gasteiger partial charge on any atom is 0.123 e. The van der Waals surface area contributed by atoms with Gasteiger partial charge in [-0.2, -0.15) is 0 Å². The average molecular weight is 280 g/mol. The summed E-state index contributed by atoms with van der Waals surface area (Å²) >= 11 is 0. The van der Waals surface area contributed by atoms with Crippen LogP contribution in [0.25, 0.3) is 0 Å². The summed E-state index contributed by atoms with van der Waals surface area (Å²) in [6.07, 6.45) is 4.16. The third kappa shape index (κ3) is 3.46. The number of hydrogen-bond acceptors (Lipinski definition) is 6. The van der Waals surface area contributed by atoms with Crippen LogP contribution in [-0.4, -0.2) is 36.4 Å². The van der Waals surface area contributed by atoms with Crippen molar-refractivity contribution in [2.45, 2.75) is 37.8 Å². The van der Waals surface area contributed by atoms with Gasteiger partial charge in [-0.05, 0) is 31.0 Å². The summed E-state index contributed by atoms with van der Waals surface area (Å²) in [7, 11) is 0. The fourth-order valence-electron chi connectivity index (χ4n) is 2.85. The third-order valence-electron chi connectivity index (χ3n) is 3.89. The van der Waals surface area contributed by atoms with Gasteiger partial charge in [0.2, 0.25) is 0 Å². The first-order valence-corrected chi connectivity index (χ1v) is 7.08. The van der Waals surface area contributed by atoms with Crippen molar-refractivity contribution in [1.29, 1.82) is 0 Å². The summed E-state index contributed by atoms with van der Waals surface area (Å²) in [6, 6.07) is 3.86. The van der Waals surface area contributed by atoms with E-state index in [1.807, 2.05) is 19.1 Å². The fourth-order valence-corrected chi connectivity index (χ4v) is 2.85. The van der Waals surface area contributed by atoms with Gasteiger partial charge in [-0.25, -0.2) is 4.98 Å². The van der Waals surface area contributed by atoms with Crippen molar-refractivity contribution in [3.8, 4) is 0 Å². The Morgan fingerprint density at radius 2 is 2.25 bits per heavy atom. The van der Waals surface area contributed by atoms with E-state index in [0.29, 0.717) is 25.6 Å². The summed E-state index contributed by atoms with van der Waals surface area (Å²) in [6.45, 7) is 4.08. The SMILES string of the molecule is CCOC1(C(Cc2ccnc(N)c2)NN)CCOCC1. The Hall–Kier alpha value is -1.21. The number of nitrogens with two attached hydrogens (primary N) is 2. The van der Waals surface area contributed by atoms with Crippen LogP contribution in [0, 0.1) is 0 Å². The maximum absolute atomic E-state index is 6.06. The van der Waals surface area contributed by atoms with Crippen molar-refractivity contribution < 1.29 is 9.47 Å². The van der Waals surface area contributed by atoms with E-state index in [0.717, 1.165) is 24.8 Å². The van der Waals surface area contributed by atoms with E-state index in [9.17, 15) is 0 Å². The molecule has 0 bridgehead atoms. The molecule has 0 amide bonds. The number of nitrogens with one attached hydrogen (secondary N) is 1. The highest BCUT2D eigenvalue weighted by Gasteiger charge is 2.40. The molecule has 5 N–H and O–H groups in total. The van der Waals surface area contributed by atoms with Gasteiger partial charge in [0.1, 0.15) is 5.82 Å². The summed E-state index contributed by atoms with van der Waals surface area (Å²) in [5.74, 6) is 6.31. The molecule has 1 fully saturated rings. The second kappa shape index (κ2) is 6.99. The van der Waals surface area contributed by atoms with Crippen LogP contribution < -0.4 is 17.0 Å². The van der Waals surface area contributed by atoms with Crippen LogP contribution in [0.15, 0.2) is 18.3 Å². The molecule has 6 nitrogen and oxygen atoms in total. The predicted octanol–water partition coefficient (Wildman–Crippen LogP) is 0.624. The van der Waals surface area contributed by atoms with E-state index in [1.54, 1.807) is 6.20 Å². The van der Waals surface area contributed by atoms with Gasteiger partial charge < -0.3 is 15.2 Å². The number of hydrogen-bond donors (Lipinski definition) is 3. The number of pyridine rings is 1. The minimum absolute atomic E-state index is 0.0214. The van der Waals surface area contributed by atoms with Crippen molar-refractivity contribution in [3.05, 3.63) is 23.9 Å². The van der Waals surface area contributed by atoms with E-state index in [-0.39, 0.29) is 11.6 Å². The van der Waals surface area contributed by atoms with Crippen molar-refractivity contribution >= 4 is 5.82 Å². The van der Waals surface area contributed by atoms with Crippen LogP contribution in [0.4, 0.5) is 5.82 Å². The quantitative estimate of drug-likeness (QED) is 0.522. The molecular weight excluding hydrogens is 256 g/mol. The first-order chi connectivity index (χ1) is 9.70. The summed E-state index contributed by atoms with van der Waals surface area (Å²) in [4.78, 5) is 4.01. The molecule has 2 rings (SSSR count). The van der Waals surface area contributed by atoms with Gasteiger partial charge in [-0.15, -0.1) is 0 Å². The highest BCUT2D eigenvalue weighted by molar-refractivity contribution is 5.32. The van der Waals surface area contributed by atoms with Crippen LogP contribution >= 0.6 is 0 Å². The molecule has 0 spiro atoms. The largest absolute Gasteiger partial charge is 0.384 e. The molecule has 1 aromatic rings. The van der Waals surface area contributed by atoms with Crippen LogP contribution in [-0.2, 0) is 15.9 Å². The lowest BCUT2D eigenvalue weighted by Gasteiger charge is -2.42. The predicted molar refractivity (Wildman–Crippen MR) is 77.9 cm³/mol. The first-order valence-electron chi connectivity index (χ1n) is 7.08. The number of nitrogens with zero attached hydrogens (tertiary/aromatic N) is 1. The molecule has 0 radical (unpaired) electrons. The minimum atomic E-state index is -0.278. The van der Waals surface area contributed by atoms with Crippen LogP contribution in [0.1, 0.15) is 25.3 Å². The average Bonchev–Trinajstić information content (AvgIpc) is 2.46. The first kappa shape index (κ1) is 15.2. The second-order valence-electron chi connectivity index (χ2n) is 5.12. The Morgan fingerprint density at radius 3 is 2.85 bits per heavy atom. The van der Waals surface area contributed by atoms with Crippen LogP contribution in [0.5, 0.6) is 0 Å².